The minimum atomic E-state index is -0.659. The quantitative estimate of drug-likeness (QED) is 0.478. The number of aromatic nitrogens is 3. The van der Waals surface area contributed by atoms with Gasteiger partial charge in [0.1, 0.15) is 0 Å². The number of nitrogens with zero attached hydrogens (tertiary/aromatic N) is 4. The average molecular weight is 536 g/mol. The van der Waals surface area contributed by atoms with Crippen molar-refractivity contribution < 1.29 is 28.9 Å². The number of hydrogen-bond donors (Lipinski definition) is 0. The SMILES string of the molecule is CN(C)c1ccnc(-c2[c-]cc(F)cc2F)c1.[Ir].[NH-]CCn1cccn1. The second kappa shape index (κ2) is 10.8. The Morgan fingerprint density at radius 2 is 2.00 bits per heavy atom. The van der Waals surface area contributed by atoms with Crippen LogP contribution in [0.25, 0.3) is 17.0 Å². The molecule has 2 aromatic heterocycles. The van der Waals surface area contributed by atoms with Crippen molar-refractivity contribution in [2.75, 3.05) is 25.5 Å². The molecule has 0 saturated carbocycles. The minimum Gasteiger partial charge on any atom is -0.676 e. The van der Waals surface area contributed by atoms with Gasteiger partial charge in [0.05, 0.1) is 0 Å². The molecule has 0 unspecified atom stereocenters. The van der Waals surface area contributed by atoms with Crippen molar-refractivity contribution in [2.45, 2.75) is 6.54 Å². The second-order valence-electron chi connectivity index (χ2n) is 5.35. The monoisotopic (exact) mass is 536 g/mol. The van der Waals surface area contributed by atoms with Crippen molar-refractivity contribution in [3.8, 4) is 11.3 Å². The Bertz CT molecular complexity index is 794. The molecule has 3 aromatic rings. The number of benzene rings is 1. The Kier molecular flexibility index (Phi) is 9.05. The molecule has 3 rings (SSSR count). The molecule has 1 N–H and O–H groups in total. The minimum absolute atomic E-state index is 0. The van der Waals surface area contributed by atoms with E-state index in [-0.39, 0.29) is 25.7 Å². The average Bonchev–Trinajstić information content (AvgIpc) is 3.09. The summed E-state index contributed by atoms with van der Waals surface area (Å²) in [6, 6.07) is 9.88. The Balaban J connectivity index is 0.000000318. The molecule has 0 saturated heterocycles. The van der Waals surface area contributed by atoms with Crippen LogP contribution in [-0.4, -0.2) is 35.4 Å². The van der Waals surface area contributed by atoms with E-state index in [0.717, 1.165) is 17.8 Å². The van der Waals surface area contributed by atoms with Crippen molar-refractivity contribution >= 4 is 5.69 Å². The summed E-state index contributed by atoms with van der Waals surface area (Å²) in [5.41, 5.74) is 8.33. The van der Waals surface area contributed by atoms with Crippen LogP contribution in [0.5, 0.6) is 0 Å². The first kappa shape index (κ1) is 21.9. The molecule has 0 aliphatic carbocycles. The van der Waals surface area contributed by atoms with Gasteiger partial charge in [0.15, 0.2) is 0 Å². The van der Waals surface area contributed by atoms with Crippen molar-refractivity contribution in [3.05, 3.63) is 72.4 Å². The van der Waals surface area contributed by atoms with Crippen LogP contribution in [0.1, 0.15) is 0 Å². The second-order valence-corrected chi connectivity index (χ2v) is 5.35. The third kappa shape index (κ3) is 6.29. The predicted molar refractivity (Wildman–Crippen MR) is 94.2 cm³/mol. The number of rotatable bonds is 4. The molecular weight excluding hydrogens is 516 g/mol. The molecule has 8 heteroatoms. The van der Waals surface area contributed by atoms with E-state index < -0.39 is 11.6 Å². The van der Waals surface area contributed by atoms with Crippen LogP contribution < -0.4 is 4.90 Å². The van der Waals surface area contributed by atoms with E-state index >= 15 is 0 Å². The molecule has 0 spiro atoms. The predicted octanol–water partition coefficient (Wildman–Crippen LogP) is 3.83. The molecule has 5 nitrogen and oxygen atoms in total. The van der Waals surface area contributed by atoms with Gasteiger partial charge in [0, 0.05) is 76.7 Å². The van der Waals surface area contributed by atoms with Gasteiger partial charge in [-0.05, 0) is 17.8 Å². The van der Waals surface area contributed by atoms with Crippen LogP contribution in [0, 0.1) is 17.7 Å². The fourth-order valence-corrected chi connectivity index (χ4v) is 2.02. The van der Waals surface area contributed by atoms with Crippen LogP contribution >= 0.6 is 0 Å². The van der Waals surface area contributed by atoms with Gasteiger partial charge in [-0.2, -0.15) is 5.10 Å². The molecule has 26 heavy (non-hydrogen) atoms. The van der Waals surface area contributed by atoms with Gasteiger partial charge >= 0.3 is 0 Å². The number of anilines is 1. The van der Waals surface area contributed by atoms with Crippen LogP contribution in [0.4, 0.5) is 14.5 Å². The summed E-state index contributed by atoms with van der Waals surface area (Å²) >= 11 is 0. The summed E-state index contributed by atoms with van der Waals surface area (Å²) in [4.78, 5) is 5.94. The van der Waals surface area contributed by atoms with Crippen molar-refractivity contribution in [3.63, 3.8) is 0 Å². The number of nitrogens with one attached hydrogen (secondary N) is 1. The Morgan fingerprint density at radius 3 is 2.58 bits per heavy atom. The standard InChI is InChI=1S/C13H11F2N2.C5H8N3.Ir/c1-17(2)10-5-6-16-13(8-10)11-4-3-9(14)7-12(11)15;6-2-5-8-4-1-3-7-8;/h3,5-8H,1-2H3;1,3-4,6H,2,5H2;/q2*-1;. The molecular formula is C18H19F2IrN5-2. The maximum absolute atomic E-state index is 13.5. The van der Waals surface area contributed by atoms with E-state index in [0.29, 0.717) is 18.8 Å². The van der Waals surface area contributed by atoms with Gasteiger partial charge < -0.3 is 15.6 Å². The van der Waals surface area contributed by atoms with Gasteiger partial charge in [-0.25, -0.2) is 0 Å². The van der Waals surface area contributed by atoms with E-state index in [1.165, 1.54) is 0 Å². The third-order valence-corrected chi connectivity index (χ3v) is 3.27. The van der Waals surface area contributed by atoms with E-state index in [1.807, 2.05) is 37.3 Å². The zero-order chi connectivity index (χ0) is 18.2. The molecule has 0 aliphatic rings. The summed E-state index contributed by atoms with van der Waals surface area (Å²) in [5, 5.41) is 3.90. The first-order valence-corrected chi connectivity index (χ1v) is 7.63. The van der Waals surface area contributed by atoms with Crippen molar-refractivity contribution in [1.82, 2.24) is 14.8 Å². The van der Waals surface area contributed by atoms with Crippen LogP contribution in [-0.2, 0) is 26.7 Å². The topological polar surface area (TPSA) is 57.8 Å². The molecule has 0 atom stereocenters. The van der Waals surface area contributed by atoms with Crippen molar-refractivity contribution in [2.24, 2.45) is 0 Å². The summed E-state index contributed by atoms with van der Waals surface area (Å²) in [7, 11) is 3.76. The first-order chi connectivity index (χ1) is 12.0. The maximum Gasteiger partial charge on any atom is 0.0489 e. The zero-order valence-electron chi connectivity index (χ0n) is 14.4. The molecule has 2 heterocycles. The summed E-state index contributed by atoms with van der Waals surface area (Å²) in [6.45, 7) is 1.11. The fraction of sp³-hybridized carbons (Fsp3) is 0.222. The largest absolute Gasteiger partial charge is 0.676 e. The van der Waals surface area contributed by atoms with Gasteiger partial charge in [0.25, 0.3) is 0 Å². The molecule has 0 bridgehead atoms. The van der Waals surface area contributed by atoms with Crippen LogP contribution in [0.2, 0.25) is 0 Å². The molecule has 0 fully saturated rings. The zero-order valence-corrected chi connectivity index (χ0v) is 16.8. The molecule has 1 aromatic carbocycles. The third-order valence-electron chi connectivity index (χ3n) is 3.27. The number of halogens is 2. The van der Waals surface area contributed by atoms with Crippen LogP contribution in [0.3, 0.4) is 0 Å². The summed E-state index contributed by atoms with van der Waals surface area (Å²) in [6.07, 6.45) is 5.16. The van der Waals surface area contributed by atoms with Crippen LogP contribution in [0.15, 0.2) is 48.9 Å². The molecule has 0 amide bonds. The summed E-state index contributed by atoms with van der Waals surface area (Å²) < 4.78 is 28.1. The molecule has 1 radical (unpaired) electrons. The fourth-order valence-electron chi connectivity index (χ4n) is 2.02. The Labute approximate surface area is 165 Å². The first-order valence-electron chi connectivity index (χ1n) is 7.63. The number of hydrogen-bond acceptors (Lipinski definition) is 3. The Hall–Kier alpha value is -2.15. The van der Waals surface area contributed by atoms with Gasteiger partial charge in [-0.3, -0.25) is 13.5 Å². The summed E-state index contributed by atoms with van der Waals surface area (Å²) in [5.74, 6) is -1.30. The van der Waals surface area contributed by atoms with E-state index in [9.17, 15) is 8.78 Å². The Morgan fingerprint density at radius 1 is 1.23 bits per heavy atom. The molecule has 141 valence electrons. The van der Waals surface area contributed by atoms with Gasteiger partial charge in [0.2, 0.25) is 0 Å². The van der Waals surface area contributed by atoms with E-state index in [4.69, 9.17) is 5.73 Å². The normalized spacial score (nSPS) is 9.73. The van der Waals surface area contributed by atoms with Gasteiger partial charge in [-0.1, -0.05) is 17.7 Å². The molecule has 0 aliphatic heterocycles. The van der Waals surface area contributed by atoms with Crippen molar-refractivity contribution in [1.29, 1.82) is 0 Å². The number of pyridine rings is 1. The maximum atomic E-state index is 13.5. The van der Waals surface area contributed by atoms with Gasteiger partial charge in [-0.15, -0.1) is 18.7 Å². The van der Waals surface area contributed by atoms with E-state index in [2.05, 4.69) is 16.1 Å². The van der Waals surface area contributed by atoms with E-state index in [1.54, 1.807) is 23.1 Å². The smallest absolute Gasteiger partial charge is 0.0489 e.